The van der Waals surface area contributed by atoms with Gasteiger partial charge in [0.05, 0.1) is 17.3 Å². The summed E-state index contributed by atoms with van der Waals surface area (Å²) in [5.74, 6) is 1.36. The highest BCUT2D eigenvalue weighted by molar-refractivity contribution is 6.34. The van der Waals surface area contributed by atoms with Gasteiger partial charge in [-0.2, -0.15) is 4.98 Å². The number of hydrogen-bond donors (Lipinski definition) is 2. The average molecular weight is 473 g/mol. The predicted octanol–water partition coefficient (Wildman–Crippen LogP) is 4.74. The fourth-order valence-electron chi connectivity index (χ4n) is 3.87. The van der Waals surface area contributed by atoms with Gasteiger partial charge in [-0.1, -0.05) is 23.7 Å². The smallest absolute Gasteiger partial charge is 0.410 e. The largest absolute Gasteiger partial charge is 0.444 e. The van der Waals surface area contributed by atoms with E-state index in [4.69, 9.17) is 16.3 Å². The fourth-order valence-corrected chi connectivity index (χ4v) is 4.11. The quantitative estimate of drug-likeness (QED) is 0.666. The Morgan fingerprint density at radius 1 is 1.27 bits per heavy atom. The van der Waals surface area contributed by atoms with E-state index in [0.717, 1.165) is 18.4 Å². The predicted molar refractivity (Wildman–Crippen MR) is 128 cm³/mol. The molecule has 1 aromatic carbocycles. The van der Waals surface area contributed by atoms with Crippen LogP contribution in [0.25, 0.3) is 0 Å². The first-order valence-corrected chi connectivity index (χ1v) is 11.5. The molecule has 0 atom stereocenters. The zero-order chi connectivity index (χ0) is 23.6. The third kappa shape index (κ3) is 5.65. The zero-order valence-corrected chi connectivity index (χ0v) is 19.9. The van der Waals surface area contributed by atoms with Crippen LogP contribution in [0.3, 0.4) is 0 Å². The minimum Gasteiger partial charge on any atom is -0.444 e. The van der Waals surface area contributed by atoms with Crippen molar-refractivity contribution in [3.8, 4) is 0 Å². The van der Waals surface area contributed by atoms with Crippen molar-refractivity contribution in [3.05, 3.63) is 41.0 Å². The molecular weight excluding hydrogens is 444 g/mol. The number of piperidine rings is 1. The van der Waals surface area contributed by atoms with Crippen LogP contribution >= 0.6 is 11.6 Å². The number of nitrogens with zero attached hydrogens (tertiary/aromatic N) is 4. The van der Waals surface area contributed by atoms with E-state index >= 15 is 0 Å². The normalized spacial score (nSPS) is 16.8. The molecule has 1 fully saturated rings. The maximum atomic E-state index is 12.6. The average Bonchev–Trinajstić information content (AvgIpc) is 2.77. The summed E-state index contributed by atoms with van der Waals surface area (Å²) in [7, 11) is 0. The molecule has 176 valence electrons. The highest BCUT2D eigenvalue weighted by Crippen LogP contribution is 2.31. The van der Waals surface area contributed by atoms with E-state index < -0.39 is 5.60 Å². The molecule has 0 saturated carbocycles. The van der Waals surface area contributed by atoms with Crippen molar-refractivity contribution in [2.24, 2.45) is 5.92 Å². The maximum absolute atomic E-state index is 12.6. The van der Waals surface area contributed by atoms with E-state index in [2.05, 4.69) is 20.6 Å². The molecule has 0 radical (unpaired) electrons. The van der Waals surface area contributed by atoms with E-state index in [0.29, 0.717) is 54.6 Å². The Hall–Kier alpha value is -3.07. The number of likely N-dealkylation sites (tertiary alicyclic amines) is 1. The SMILES string of the molecule is CC(C)(C)OC(=O)N1CCC(CNc2ncc3c(n2)NC(=O)N(c2ccccc2Cl)C3)CC1. The number of carbonyl (C=O) groups is 2. The van der Waals surface area contributed by atoms with Crippen LogP contribution < -0.4 is 15.5 Å². The minimum atomic E-state index is -0.487. The molecule has 4 rings (SSSR count). The van der Waals surface area contributed by atoms with Gasteiger partial charge in [-0.15, -0.1) is 0 Å². The lowest BCUT2D eigenvalue weighted by Crippen LogP contribution is -2.42. The number of para-hydroxylation sites is 1. The number of rotatable bonds is 4. The van der Waals surface area contributed by atoms with Crippen LogP contribution in [0.4, 0.5) is 27.0 Å². The Morgan fingerprint density at radius 3 is 2.70 bits per heavy atom. The summed E-state index contributed by atoms with van der Waals surface area (Å²) in [5, 5.41) is 6.61. The highest BCUT2D eigenvalue weighted by atomic mass is 35.5. The lowest BCUT2D eigenvalue weighted by atomic mass is 9.97. The summed E-state index contributed by atoms with van der Waals surface area (Å²) in [5.41, 5.74) is 0.965. The first kappa shape index (κ1) is 23.1. The van der Waals surface area contributed by atoms with Crippen molar-refractivity contribution in [1.82, 2.24) is 14.9 Å². The van der Waals surface area contributed by atoms with Crippen LogP contribution in [-0.4, -0.2) is 52.2 Å². The molecule has 1 saturated heterocycles. The number of hydrogen-bond acceptors (Lipinski definition) is 6. The van der Waals surface area contributed by atoms with Gasteiger partial charge in [-0.05, 0) is 51.7 Å². The summed E-state index contributed by atoms with van der Waals surface area (Å²) in [6.07, 6.45) is 3.22. The molecule has 9 nitrogen and oxygen atoms in total. The molecule has 0 unspecified atom stereocenters. The van der Waals surface area contributed by atoms with Gasteiger partial charge in [-0.3, -0.25) is 10.2 Å². The van der Waals surface area contributed by atoms with Gasteiger partial charge >= 0.3 is 12.1 Å². The van der Waals surface area contributed by atoms with Gasteiger partial charge in [0.2, 0.25) is 5.95 Å². The van der Waals surface area contributed by atoms with Gasteiger partial charge in [0.25, 0.3) is 0 Å². The summed E-state index contributed by atoms with van der Waals surface area (Å²) in [4.78, 5) is 37.1. The van der Waals surface area contributed by atoms with Crippen molar-refractivity contribution in [2.75, 3.05) is 35.2 Å². The second kappa shape index (κ2) is 9.43. The van der Waals surface area contributed by atoms with Crippen molar-refractivity contribution < 1.29 is 14.3 Å². The van der Waals surface area contributed by atoms with Gasteiger partial charge in [0.1, 0.15) is 11.4 Å². The number of urea groups is 1. The molecule has 2 aliphatic rings. The Balaban J connectivity index is 1.31. The van der Waals surface area contributed by atoms with Crippen LogP contribution in [0.5, 0.6) is 0 Å². The Bertz CT molecular complexity index is 1030. The van der Waals surface area contributed by atoms with Gasteiger partial charge < -0.3 is 15.0 Å². The second-order valence-corrected chi connectivity index (χ2v) is 9.73. The lowest BCUT2D eigenvalue weighted by molar-refractivity contribution is 0.0188. The highest BCUT2D eigenvalue weighted by Gasteiger charge is 2.28. The van der Waals surface area contributed by atoms with Crippen LogP contribution in [0.1, 0.15) is 39.2 Å². The molecular formula is C23H29ClN6O3. The Morgan fingerprint density at radius 2 is 2.00 bits per heavy atom. The molecule has 2 aliphatic heterocycles. The maximum Gasteiger partial charge on any atom is 0.410 e. The second-order valence-electron chi connectivity index (χ2n) is 9.33. The van der Waals surface area contributed by atoms with E-state index in [1.807, 2.05) is 32.9 Å². The Kier molecular flexibility index (Phi) is 6.60. The van der Waals surface area contributed by atoms with Gasteiger partial charge in [0.15, 0.2) is 0 Å². The molecule has 1 aromatic heterocycles. The van der Waals surface area contributed by atoms with E-state index in [1.165, 1.54) is 0 Å². The van der Waals surface area contributed by atoms with Crippen molar-refractivity contribution in [3.63, 3.8) is 0 Å². The molecule has 0 spiro atoms. The molecule has 2 aromatic rings. The lowest BCUT2D eigenvalue weighted by Gasteiger charge is -2.33. The number of aromatic nitrogens is 2. The molecule has 3 heterocycles. The number of ether oxygens (including phenoxy) is 1. The molecule has 2 N–H and O–H groups in total. The summed E-state index contributed by atoms with van der Waals surface area (Å²) < 4.78 is 5.45. The third-order valence-electron chi connectivity index (χ3n) is 5.62. The Labute approximate surface area is 198 Å². The molecule has 33 heavy (non-hydrogen) atoms. The van der Waals surface area contributed by atoms with Crippen molar-refractivity contribution in [1.29, 1.82) is 0 Å². The first-order valence-electron chi connectivity index (χ1n) is 11.1. The molecule has 10 heteroatoms. The number of anilines is 3. The third-order valence-corrected chi connectivity index (χ3v) is 5.94. The van der Waals surface area contributed by atoms with E-state index in [9.17, 15) is 9.59 Å². The number of benzene rings is 1. The van der Waals surface area contributed by atoms with Crippen molar-refractivity contribution >= 4 is 41.2 Å². The minimum absolute atomic E-state index is 0.256. The van der Waals surface area contributed by atoms with Crippen LogP contribution in [0.15, 0.2) is 30.5 Å². The zero-order valence-electron chi connectivity index (χ0n) is 19.1. The molecule has 0 bridgehead atoms. The van der Waals surface area contributed by atoms with Gasteiger partial charge in [0, 0.05) is 31.4 Å². The topological polar surface area (TPSA) is 99.7 Å². The van der Waals surface area contributed by atoms with E-state index in [-0.39, 0.29) is 12.1 Å². The number of carbonyl (C=O) groups excluding carboxylic acids is 2. The number of amides is 3. The standard InChI is InChI=1S/C23H29ClN6O3/c1-23(2,3)33-22(32)29-10-8-15(9-11-29)12-25-20-26-13-16-14-30(21(31)28-19(16)27-20)18-7-5-4-6-17(18)24/h4-7,13,15H,8-12,14H2,1-3H3,(H2,25,26,27,28,31). The van der Waals surface area contributed by atoms with Gasteiger partial charge in [-0.25, -0.2) is 14.6 Å². The first-order chi connectivity index (χ1) is 15.7. The van der Waals surface area contributed by atoms with Crippen molar-refractivity contribution in [2.45, 2.75) is 45.8 Å². The number of nitrogens with one attached hydrogen (secondary N) is 2. The summed E-state index contributed by atoms with van der Waals surface area (Å²) >= 11 is 6.25. The molecule has 0 aliphatic carbocycles. The molecule has 3 amide bonds. The van der Waals surface area contributed by atoms with Crippen LogP contribution in [0, 0.1) is 5.92 Å². The number of fused-ring (bicyclic) bond motifs is 1. The summed E-state index contributed by atoms with van der Waals surface area (Å²) in [6.45, 7) is 7.99. The summed E-state index contributed by atoms with van der Waals surface area (Å²) in [6, 6.07) is 6.93. The monoisotopic (exact) mass is 472 g/mol. The van der Waals surface area contributed by atoms with Crippen LogP contribution in [0.2, 0.25) is 5.02 Å². The van der Waals surface area contributed by atoms with E-state index in [1.54, 1.807) is 28.1 Å². The fraction of sp³-hybridized carbons (Fsp3) is 0.478. The number of halogens is 1. The van der Waals surface area contributed by atoms with Crippen LogP contribution in [-0.2, 0) is 11.3 Å².